The van der Waals surface area contributed by atoms with E-state index < -0.39 is 17.6 Å². The molecule has 0 bridgehead atoms. The standard InChI is InChI=1S/C10H10F2O/c1-2-7(6-13)8-3-9(11)5-10(12)4-8/h3-7H,2H2,1H3. The predicted molar refractivity (Wildman–Crippen MR) is 45.5 cm³/mol. The molecule has 1 aromatic carbocycles. The van der Waals surface area contributed by atoms with E-state index in [4.69, 9.17) is 0 Å². The largest absolute Gasteiger partial charge is 0.303 e. The maximum Gasteiger partial charge on any atom is 0.127 e. The number of halogens is 2. The van der Waals surface area contributed by atoms with Crippen molar-refractivity contribution in [2.75, 3.05) is 0 Å². The highest BCUT2D eigenvalue weighted by atomic mass is 19.1. The quantitative estimate of drug-likeness (QED) is 0.660. The zero-order valence-corrected chi connectivity index (χ0v) is 7.26. The number of aldehydes is 1. The predicted octanol–water partition coefficient (Wildman–Crippen LogP) is 2.66. The first kappa shape index (κ1) is 9.84. The van der Waals surface area contributed by atoms with Gasteiger partial charge in [0.25, 0.3) is 0 Å². The fourth-order valence-corrected chi connectivity index (χ4v) is 1.20. The molecule has 1 unspecified atom stereocenters. The molecule has 0 heterocycles. The lowest BCUT2D eigenvalue weighted by atomic mass is 9.98. The van der Waals surface area contributed by atoms with E-state index in [1.54, 1.807) is 6.92 Å². The van der Waals surface area contributed by atoms with Crippen molar-refractivity contribution in [3.63, 3.8) is 0 Å². The second-order valence-electron chi connectivity index (χ2n) is 2.85. The fraction of sp³-hybridized carbons (Fsp3) is 0.300. The summed E-state index contributed by atoms with van der Waals surface area (Å²) in [5.41, 5.74) is 0.398. The van der Waals surface area contributed by atoms with Crippen molar-refractivity contribution < 1.29 is 13.6 Å². The number of carbonyl (C=O) groups excluding carboxylic acids is 1. The van der Waals surface area contributed by atoms with Gasteiger partial charge in [0.15, 0.2) is 0 Å². The van der Waals surface area contributed by atoms with E-state index in [1.807, 2.05) is 0 Å². The highest BCUT2D eigenvalue weighted by molar-refractivity contribution is 5.61. The summed E-state index contributed by atoms with van der Waals surface area (Å²) in [6, 6.07) is 3.16. The minimum atomic E-state index is -0.643. The Balaban J connectivity index is 3.05. The third-order valence-corrected chi connectivity index (χ3v) is 1.92. The molecule has 1 rings (SSSR count). The van der Waals surface area contributed by atoms with Crippen LogP contribution in [0.2, 0.25) is 0 Å². The molecule has 0 fully saturated rings. The van der Waals surface area contributed by atoms with Crippen LogP contribution in [0, 0.1) is 11.6 Å². The molecular weight excluding hydrogens is 174 g/mol. The third-order valence-electron chi connectivity index (χ3n) is 1.92. The second kappa shape index (κ2) is 4.12. The van der Waals surface area contributed by atoms with Crippen LogP contribution in [-0.2, 0) is 4.79 Å². The van der Waals surface area contributed by atoms with Crippen molar-refractivity contribution in [2.45, 2.75) is 19.3 Å². The lowest BCUT2D eigenvalue weighted by Gasteiger charge is -2.07. The van der Waals surface area contributed by atoms with Gasteiger partial charge in [-0.25, -0.2) is 8.78 Å². The first-order valence-corrected chi connectivity index (χ1v) is 4.08. The van der Waals surface area contributed by atoms with E-state index in [2.05, 4.69) is 0 Å². The molecule has 1 atom stereocenters. The second-order valence-corrected chi connectivity index (χ2v) is 2.85. The van der Waals surface area contributed by atoms with Crippen LogP contribution in [0.4, 0.5) is 8.78 Å². The molecule has 0 aliphatic carbocycles. The maximum atomic E-state index is 12.7. The van der Waals surface area contributed by atoms with E-state index in [0.717, 1.165) is 6.07 Å². The Labute approximate surface area is 75.4 Å². The number of hydrogen-bond acceptors (Lipinski definition) is 1. The number of benzene rings is 1. The van der Waals surface area contributed by atoms with Crippen molar-refractivity contribution in [3.05, 3.63) is 35.4 Å². The van der Waals surface area contributed by atoms with Crippen LogP contribution in [0.25, 0.3) is 0 Å². The topological polar surface area (TPSA) is 17.1 Å². The molecule has 0 amide bonds. The monoisotopic (exact) mass is 184 g/mol. The molecule has 0 spiro atoms. The first-order valence-electron chi connectivity index (χ1n) is 4.08. The van der Waals surface area contributed by atoms with Crippen molar-refractivity contribution in [3.8, 4) is 0 Å². The van der Waals surface area contributed by atoms with Gasteiger partial charge in [-0.15, -0.1) is 0 Å². The Morgan fingerprint density at radius 3 is 2.23 bits per heavy atom. The lowest BCUT2D eigenvalue weighted by molar-refractivity contribution is -0.109. The van der Waals surface area contributed by atoms with Gasteiger partial charge in [0.05, 0.1) is 0 Å². The molecule has 0 saturated carbocycles. The van der Waals surface area contributed by atoms with E-state index in [1.165, 1.54) is 12.1 Å². The van der Waals surface area contributed by atoms with Crippen LogP contribution in [0.15, 0.2) is 18.2 Å². The van der Waals surface area contributed by atoms with Gasteiger partial charge in [0, 0.05) is 12.0 Å². The van der Waals surface area contributed by atoms with E-state index in [0.29, 0.717) is 18.3 Å². The molecule has 1 nitrogen and oxygen atoms in total. The van der Waals surface area contributed by atoms with Crippen LogP contribution >= 0.6 is 0 Å². The molecule has 13 heavy (non-hydrogen) atoms. The van der Waals surface area contributed by atoms with Crippen molar-refractivity contribution >= 4 is 6.29 Å². The van der Waals surface area contributed by atoms with E-state index in [9.17, 15) is 13.6 Å². The summed E-state index contributed by atoms with van der Waals surface area (Å²) in [6.45, 7) is 1.79. The van der Waals surface area contributed by atoms with Crippen molar-refractivity contribution in [1.29, 1.82) is 0 Å². The highest BCUT2D eigenvalue weighted by Gasteiger charge is 2.10. The Hall–Kier alpha value is -1.25. The summed E-state index contributed by atoms with van der Waals surface area (Å²) >= 11 is 0. The van der Waals surface area contributed by atoms with Gasteiger partial charge < -0.3 is 4.79 Å². The molecular formula is C10H10F2O. The third kappa shape index (κ3) is 2.34. The number of hydrogen-bond donors (Lipinski definition) is 0. The average molecular weight is 184 g/mol. The molecule has 3 heteroatoms. The molecule has 0 saturated heterocycles. The van der Waals surface area contributed by atoms with E-state index in [-0.39, 0.29) is 0 Å². The molecule has 0 radical (unpaired) electrons. The van der Waals surface area contributed by atoms with Gasteiger partial charge in [-0.2, -0.15) is 0 Å². The maximum absolute atomic E-state index is 12.7. The Morgan fingerprint density at radius 1 is 1.31 bits per heavy atom. The molecule has 1 aromatic rings. The molecule has 0 aliphatic heterocycles. The minimum Gasteiger partial charge on any atom is -0.303 e. The summed E-state index contributed by atoms with van der Waals surface area (Å²) in [6.07, 6.45) is 1.25. The molecule has 0 N–H and O–H groups in total. The fourth-order valence-electron chi connectivity index (χ4n) is 1.20. The van der Waals surface area contributed by atoms with Crippen molar-refractivity contribution in [1.82, 2.24) is 0 Å². The van der Waals surface area contributed by atoms with Gasteiger partial charge in [-0.3, -0.25) is 0 Å². The average Bonchev–Trinajstić information content (AvgIpc) is 2.04. The summed E-state index contributed by atoms with van der Waals surface area (Å²) < 4.78 is 25.4. The SMILES string of the molecule is CCC(C=O)c1cc(F)cc(F)c1. The number of carbonyl (C=O) groups is 1. The van der Waals surface area contributed by atoms with Crippen LogP contribution in [-0.4, -0.2) is 6.29 Å². The van der Waals surface area contributed by atoms with Crippen LogP contribution in [0.5, 0.6) is 0 Å². The molecule has 0 aliphatic rings. The van der Waals surface area contributed by atoms with Gasteiger partial charge >= 0.3 is 0 Å². The molecule has 70 valence electrons. The summed E-state index contributed by atoms with van der Waals surface area (Å²) in [5, 5.41) is 0. The molecule has 0 aromatic heterocycles. The minimum absolute atomic E-state index is 0.398. The zero-order chi connectivity index (χ0) is 9.84. The lowest BCUT2D eigenvalue weighted by Crippen LogP contribution is -1.99. The van der Waals surface area contributed by atoms with Gasteiger partial charge in [0.1, 0.15) is 17.9 Å². The smallest absolute Gasteiger partial charge is 0.127 e. The summed E-state index contributed by atoms with van der Waals surface area (Å²) in [7, 11) is 0. The Morgan fingerprint density at radius 2 is 1.85 bits per heavy atom. The van der Waals surface area contributed by atoms with Crippen LogP contribution in [0.1, 0.15) is 24.8 Å². The van der Waals surface area contributed by atoms with Crippen LogP contribution < -0.4 is 0 Å². The van der Waals surface area contributed by atoms with Crippen molar-refractivity contribution in [2.24, 2.45) is 0 Å². The summed E-state index contributed by atoms with van der Waals surface area (Å²) in [5.74, 6) is -1.70. The Kier molecular flexibility index (Phi) is 3.12. The van der Waals surface area contributed by atoms with Gasteiger partial charge in [0.2, 0.25) is 0 Å². The zero-order valence-electron chi connectivity index (χ0n) is 7.26. The number of rotatable bonds is 3. The van der Waals surface area contributed by atoms with Gasteiger partial charge in [-0.05, 0) is 24.1 Å². The van der Waals surface area contributed by atoms with Crippen LogP contribution in [0.3, 0.4) is 0 Å². The summed E-state index contributed by atoms with van der Waals surface area (Å²) in [4.78, 5) is 10.5. The van der Waals surface area contributed by atoms with E-state index >= 15 is 0 Å². The Bertz CT molecular complexity index is 290. The van der Waals surface area contributed by atoms with Gasteiger partial charge in [-0.1, -0.05) is 6.92 Å². The first-order chi connectivity index (χ1) is 6.17. The highest BCUT2D eigenvalue weighted by Crippen LogP contribution is 2.19. The normalized spacial score (nSPS) is 12.5.